The number of aromatic amines is 1. The highest BCUT2D eigenvalue weighted by molar-refractivity contribution is 9.10. The number of benzene rings is 2. The molecule has 2 nitrogen and oxygen atoms in total. The van der Waals surface area contributed by atoms with E-state index in [0.717, 1.165) is 10.0 Å². The number of fused-ring (bicyclic) bond motifs is 1. The van der Waals surface area contributed by atoms with E-state index in [2.05, 4.69) is 41.8 Å². The molecule has 19 heavy (non-hydrogen) atoms. The summed E-state index contributed by atoms with van der Waals surface area (Å²) in [6.07, 6.45) is 0. The Balaban J connectivity index is 2.20. The summed E-state index contributed by atoms with van der Waals surface area (Å²) in [5.41, 5.74) is 2.18. The Morgan fingerprint density at radius 1 is 1.11 bits per heavy atom. The molecule has 0 fully saturated rings. The number of imidazole rings is 1. The highest BCUT2D eigenvalue weighted by Gasteiger charge is 2.09. The van der Waals surface area contributed by atoms with E-state index in [0.29, 0.717) is 26.4 Å². The van der Waals surface area contributed by atoms with Crippen LogP contribution in [-0.4, -0.2) is 9.97 Å². The van der Waals surface area contributed by atoms with Crippen LogP contribution in [0.1, 0.15) is 0 Å². The minimum absolute atomic E-state index is 0.324. The number of hydrogen-bond acceptors (Lipinski definition) is 1. The van der Waals surface area contributed by atoms with Gasteiger partial charge in [-0.1, -0.05) is 27.5 Å². The topological polar surface area (TPSA) is 28.7 Å². The van der Waals surface area contributed by atoms with E-state index in [1.165, 1.54) is 6.07 Å². The predicted molar refractivity (Wildman–Crippen MR) is 81.9 cm³/mol. The van der Waals surface area contributed by atoms with Crippen LogP contribution in [0, 0.1) is 5.82 Å². The lowest BCUT2D eigenvalue weighted by molar-refractivity contribution is 0.623. The Labute approximate surface area is 130 Å². The number of H-pyrrole nitrogens is 1. The van der Waals surface area contributed by atoms with Crippen LogP contribution in [0.5, 0.6) is 0 Å². The number of halogens is 4. The summed E-state index contributed by atoms with van der Waals surface area (Å²) in [5, 5.41) is 0.609. The van der Waals surface area contributed by atoms with E-state index in [9.17, 15) is 4.39 Å². The Hall–Kier alpha value is -0.910. The van der Waals surface area contributed by atoms with Gasteiger partial charge in [-0.3, -0.25) is 0 Å². The second-order valence-electron chi connectivity index (χ2n) is 4.03. The first kappa shape index (κ1) is 13.1. The van der Waals surface area contributed by atoms with E-state index < -0.39 is 0 Å². The Bertz CT molecular complexity index is 726. The van der Waals surface area contributed by atoms with Crippen molar-refractivity contribution < 1.29 is 4.39 Å². The maximum atomic E-state index is 13.5. The second kappa shape index (κ2) is 4.89. The standard InChI is InChI=1S/C13H6Br2ClFN2/c14-7-1-6(2-8(16)3-7)13-18-11-4-9(15)10(17)5-12(11)19-13/h1-5H,(H,18,19). The SMILES string of the molecule is Fc1cc2[nH]c(-c3cc(Cl)cc(Br)c3)nc2cc1Br. The first-order valence-electron chi connectivity index (χ1n) is 5.34. The zero-order valence-electron chi connectivity index (χ0n) is 9.35. The molecule has 0 aliphatic rings. The lowest BCUT2D eigenvalue weighted by Gasteiger charge is -1.99. The molecule has 0 unspecified atom stereocenters. The van der Waals surface area contributed by atoms with Gasteiger partial charge in [-0.25, -0.2) is 9.37 Å². The van der Waals surface area contributed by atoms with Crippen LogP contribution in [-0.2, 0) is 0 Å². The predicted octanol–water partition coefficient (Wildman–Crippen LogP) is 5.55. The zero-order chi connectivity index (χ0) is 13.6. The van der Waals surface area contributed by atoms with Crippen LogP contribution >= 0.6 is 43.5 Å². The van der Waals surface area contributed by atoms with Crippen molar-refractivity contribution in [1.29, 1.82) is 0 Å². The van der Waals surface area contributed by atoms with E-state index >= 15 is 0 Å². The molecule has 0 aliphatic heterocycles. The van der Waals surface area contributed by atoms with Gasteiger partial charge in [0.1, 0.15) is 11.6 Å². The van der Waals surface area contributed by atoms with Gasteiger partial charge in [0.05, 0.1) is 15.5 Å². The number of aromatic nitrogens is 2. The summed E-state index contributed by atoms with van der Waals surface area (Å²) in [4.78, 5) is 7.52. The highest BCUT2D eigenvalue weighted by atomic mass is 79.9. The van der Waals surface area contributed by atoms with Crippen LogP contribution in [0.4, 0.5) is 4.39 Å². The fraction of sp³-hybridized carbons (Fsp3) is 0. The van der Waals surface area contributed by atoms with Crippen molar-refractivity contribution in [2.75, 3.05) is 0 Å². The zero-order valence-corrected chi connectivity index (χ0v) is 13.3. The van der Waals surface area contributed by atoms with Crippen molar-refractivity contribution in [3.05, 3.63) is 50.1 Å². The van der Waals surface area contributed by atoms with Gasteiger partial charge < -0.3 is 4.98 Å². The summed E-state index contributed by atoms with van der Waals surface area (Å²) in [7, 11) is 0. The minimum atomic E-state index is -0.324. The van der Waals surface area contributed by atoms with Crippen molar-refractivity contribution in [3.63, 3.8) is 0 Å². The van der Waals surface area contributed by atoms with Gasteiger partial charge in [-0.2, -0.15) is 0 Å². The average molecular weight is 404 g/mol. The maximum absolute atomic E-state index is 13.5. The van der Waals surface area contributed by atoms with E-state index in [-0.39, 0.29) is 5.82 Å². The third-order valence-electron chi connectivity index (χ3n) is 2.66. The van der Waals surface area contributed by atoms with Gasteiger partial charge in [0.15, 0.2) is 0 Å². The molecule has 0 aliphatic carbocycles. The van der Waals surface area contributed by atoms with Crippen molar-refractivity contribution in [2.45, 2.75) is 0 Å². The molecular weight excluding hydrogens is 398 g/mol. The molecule has 0 spiro atoms. The number of hydrogen-bond donors (Lipinski definition) is 1. The summed E-state index contributed by atoms with van der Waals surface area (Å²) >= 11 is 12.5. The average Bonchev–Trinajstić information content (AvgIpc) is 2.71. The van der Waals surface area contributed by atoms with Gasteiger partial charge in [-0.05, 0) is 40.2 Å². The van der Waals surface area contributed by atoms with Crippen molar-refractivity contribution in [3.8, 4) is 11.4 Å². The van der Waals surface area contributed by atoms with Crippen LogP contribution in [0.2, 0.25) is 5.02 Å². The first-order chi connectivity index (χ1) is 9.02. The second-order valence-corrected chi connectivity index (χ2v) is 6.23. The maximum Gasteiger partial charge on any atom is 0.139 e. The Morgan fingerprint density at radius 3 is 2.63 bits per heavy atom. The molecule has 3 rings (SSSR count). The third kappa shape index (κ3) is 2.55. The van der Waals surface area contributed by atoms with Crippen LogP contribution in [0.3, 0.4) is 0 Å². The molecule has 1 heterocycles. The number of nitrogens with one attached hydrogen (secondary N) is 1. The third-order valence-corrected chi connectivity index (χ3v) is 3.94. The number of nitrogens with zero attached hydrogens (tertiary/aromatic N) is 1. The first-order valence-corrected chi connectivity index (χ1v) is 7.30. The smallest absolute Gasteiger partial charge is 0.139 e. The number of rotatable bonds is 1. The molecule has 0 bridgehead atoms. The largest absolute Gasteiger partial charge is 0.338 e. The normalized spacial score (nSPS) is 11.2. The van der Waals surface area contributed by atoms with Crippen LogP contribution in [0.25, 0.3) is 22.4 Å². The van der Waals surface area contributed by atoms with E-state index in [1.54, 1.807) is 18.2 Å². The minimum Gasteiger partial charge on any atom is -0.338 e. The van der Waals surface area contributed by atoms with E-state index in [4.69, 9.17) is 11.6 Å². The van der Waals surface area contributed by atoms with Gasteiger partial charge in [-0.15, -0.1) is 0 Å². The van der Waals surface area contributed by atoms with Gasteiger partial charge in [0.25, 0.3) is 0 Å². The molecule has 3 aromatic rings. The molecule has 0 radical (unpaired) electrons. The Morgan fingerprint density at radius 2 is 1.89 bits per heavy atom. The van der Waals surface area contributed by atoms with Gasteiger partial charge >= 0.3 is 0 Å². The molecular formula is C13H6Br2ClFN2. The van der Waals surface area contributed by atoms with Gasteiger partial charge in [0.2, 0.25) is 0 Å². The summed E-state index contributed by atoms with van der Waals surface area (Å²) in [5.74, 6) is 0.325. The quantitative estimate of drug-likeness (QED) is 0.566. The lowest BCUT2D eigenvalue weighted by Crippen LogP contribution is -1.80. The molecule has 1 N–H and O–H groups in total. The molecule has 0 atom stereocenters. The molecule has 96 valence electrons. The van der Waals surface area contributed by atoms with Gasteiger partial charge in [0, 0.05) is 21.1 Å². The molecule has 0 saturated carbocycles. The van der Waals surface area contributed by atoms with Crippen LogP contribution in [0.15, 0.2) is 39.3 Å². The summed E-state index contributed by atoms with van der Waals surface area (Å²) in [6, 6.07) is 8.55. The van der Waals surface area contributed by atoms with E-state index in [1.807, 2.05) is 6.07 Å². The van der Waals surface area contributed by atoms with Crippen molar-refractivity contribution in [1.82, 2.24) is 9.97 Å². The molecule has 6 heteroatoms. The summed E-state index contributed by atoms with van der Waals surface area (Å²) < 4.78 is 14.7. The fourth-order valence-corrected chi connectivity index (χ4v) is 3.02. The Kier molecular flexibility index (Phi) is 3.37. The monoisotopic (exact) mass is 402 g/mol. The summed E-state index contributed by atoms with van der Waals surface area (Å²) in [6.45, 7) is 0. The highest BCUT2D eigenvalue weighted by Crippen LogP contribution is 2.29. The molecule has 0 saturated heterocycles. The molecule has 0 amide bonds. The molecule has 2 aromatic carbocycles. The fourth-order valence-electron chi connectivity index (χ4n) is 1.83. The molecule has 1 aromatic heterocycles. The van der Waals surface area contributed by atoms with Crippen molar-refractivity contribution >= 4 is 54.5 Å². The lowest BCUT2D eigenvalue weighted by atomic mass is 10.2. The van der Waals surface area contributed by atoms with Crippen molar-refractivity contribution in [2.24, 2.45) is 0 Å². The van der Waals surface area contributed by atoms with Crippen LogP contribution < -0.4 is 0 Å².